The van der Waals surface area contributed by atoms with E-state index in [1.54, 1.807) is 6.92 Å². The zero-order valence-corrected chi connectivity index (χ0v) is 30.4. The van der Waals surface area contributed by atoms with Gasteiger partial charge in [-0.2, -0.15) is 0 Å². The molecule has 6 N–H and O–H groups in total. The number of aliphatic hydroxyl groups is 6. The van der Waals surface area contributed by atoms with E-state index in [2.05, 4.69) is 27.7 Å². The lowest BCUT2D eigenvalue weighted by atomic mass is 9.43. The van der Waals surface area contributed by atoms with Crippen molar-refractivity contribution in [3.63, 3.8) is 0 Å². The Bertz CT molecular complexity index is 1230. The van der Waals surface area contributed by atoms with Crippen LogP contribution in [0.5, 0.6) is 0 Å². The molecule has 4 saturated carbocycles. The summed E-state index contributed by atoms with van der Waals surface area (Å²) in [6.07, 6.45) is -3.88. The second kappa shape index (κ2) is 13.1. The zero-order valence-electron chi connectivity index (χ0n) is 30.4. The fourth-order valence-electron chi connectivity index (χ4n) is 13.0. The highest BCUT2D eigenvalue weighted by atomic mass is 16.8. The fourth-order valence-corrected chi connectivity index (χ4v) is 13.0. The van der Waals surface area contributed by atoms with Crippen molar-refractivity contribution in [3.05, 3.63) is 0 Å². The lowest BCUT2D eigenvalue weighted by molar-refractivity contribution is -0.366. The van der Waals surface area contributed by atoms with Crippen molar-refractivity contribution in [1.29, 1.82) is 0 Å². The first-order valence-corrected chi connectivity index (χ1v) is 19.7. The molecule has 22 atom stereocenters. The molecule has 22 unspecified atom stereocenters. The Morgan fingerprint density at radius 1 is 0.720 bits per heavy atom. The maximum Gasteiger partial charge on any atom is 0.187 e. The van der Waals surface area contributed by atoms with Crippen LogP contribution >= 0.6 is 0 Å². The van der Waals surface area contributed by atoms with Crippen LogP contribution in [0.2, 0.25) is 0 Å². The van der Waals surface area contributed by atoms with Gasteiger partial charge in [-0.25, -0.2) is 0 Å². The average Bonchev–Trinajstić information content (AvgIpc) is 3.53. The summed E-state index contributed by atoms with van der Waals surface area (Å²) in [5.41, 5.74) is -0.112. The Balaban J connectivity index is 1.03. The van der Waals surface area contributed by atoms with E-state index in [0.29, 0.717) is 41.9 Å². The highest BCUT2D eigenvalue weighted by Gasteiger charge is 2.70. The largest absolute Gasteiger partial charge is 0.393 e. The van der Waals surface area contributed by atoms with Gasteiger partial charge in [0, 0.05) is 18.8 Å². The third-order valence-corrected chi connectivity index (χ3v) is 15.8. The van der Waals surface area contributed by atoms with Crippen molar-refractivity contribution in [2.75, 3.05) is 13.2 Å². The summed E-state index contributed by atoms with van der Waals surface area (Å²) < 4.78 is 38.1. The highest BCUT2D eigenvalue weighted by molar-refractivity contribution is 5.16. The van der Waals surface area contributed by atoms with E-state index in [0.717, 1.165) is 58.0 Å². The van der Waals surface area contributed by atoms with Crippen molar-refractivity contribution < 1.29 is 59.1 Å². The Morgan fingerprint density at radius 2 is 1.50 bits per heavy atom. The van der Waals surface area contributed by atoms with E-state index in [4.69, 9.17) is 28.4 Å². The van der Waals surface area contributed by atoms with Gasteiger partial charge in [0.25, 0.3) is 0 Å². The van der Waals surface area contributed by atoms with Gasteiger partial charge in [0.1, 0.15) is 36.6 Å². The third kappa shape index (κ3) is 5.52. The molecule has 12 nitrogen and oxygen atoms in total. The van der Waals surface area contributed by atoms with Gasteiger partial charge in [0.15, 0.2) is 18.4 Å². The van der Waals surface area contributed by atoms with Gasteiger partial charge in [-0.05, 0) is 98.2 Å². The van der Waals surface area contributed by atoms with E-state index in [9.17, 15) is 30.6 Å². The first-order chi connectivity index (χ1) is 23.7. The van der Waals surface area contributed by atoms with Gasteiger partial charge in [-0.1, -0.05) is 27.7 Å². The molecule has 0 aromatic carbocycles. The lowest BCUT2D eigenvalue weighted by Crippen LogP contribution is -2.64. The molecule has 4 heterocycles. The van der Waals surface area contributed by atoms with Crippen LogP contribution in [0.1, 0.15) is 92.4 Å². The molecule has 1 spiro atoms. The Hall–Kier alpha value is -0.480. The summed E-state index contributed by atoms with van der Waals surface area (Å²) >= 11 is 0. The van der Waals surface area contributed by atoms with Crippen molar-refractivity contribution in [3.8, 4) is 0 Å². The van der Waals surface area contributed by atoms with Crippen molar-refractivity contribution in [1.82, 2.24) is 0 Å². The molecule has 0 bridgehead atoms. The van der Waals surface area contributed by atoms with Crippen LogP contribution in [0.25, 0.3) is 0 Å². The summed E-state index contributed by atoms with van der Waals surface area (Å²) in [5.74, 6) is 2.58. The molecule has 0 radical (unpaired) electrons. The van der Waals surface area contributed by atoms with Gasteiger partial charge in [0.2, 0.25) is 0 Å². The number of ether oxygens (including phenoxy) is 6. The highest BCUT2D eigenvalue weighted by Crippen LogP contribution is 2.71. The van der Waals surface area contributed by atoms with Crippen LogP contribution in [0, 0.1) is 52.3 Å². The molecule has 4 aliphatic carbocycles. The maximum atomic E-state index is 11.2. The Kier molecular flexibility index (Phi) is 9.55. The zero-order chi connectivity index (χ0) is 35.5. The number of hydrogen-bond donors (Lipinski definition) is 6. The van der Waals surface area contributed by atoms with Crippen LogP contribution in [0.4, 0.5) is 0 Å². The van der Waals surface area contributed by atoms with Crippen LogP contribution in [-0.2, 0) is 28.4 Å². The Morgan fingerprint density at radius 3 is 2.24 bits per heavy atom. The second-order valence-electron chi connectivity index (χ2n) is 18.3. The summed E-state index contributed by atoms with van der Waals surface area (Å²) in [5, 5.41) is 64.2. The smallest absolute Gasteiger partial charge is 0.187 e. The Labute approximate surface area is 296 Å². The molecule has 8 fully saturated rings. The minimum Gasteiger partial charge on any atom is -0.393 e. The quantitative estimate of drug-likeness (QED) is 0.251. The van der Waals surface area contributed by atoms with E-state index < -0.39 is 73.3 Å². The molecule has 4 aliphatic heterocycles. The number of aliphatic hydroxyl groups excluding tert-OH is 6. The summed E-state index contributed by atoms with van der Waals surface area (Å²) in [6.45, 7) is 11.6. The van der Waals surface area contributed by atoms with E-state index in [1.165, 1.54) is 0 Å². The second-order valence-corrected chi connectivity index (χ2v) is 18.3. The van der Waals surface area contributed by atoms with Gasteiger partial charge < -0.3 is 59.1 Å². The van der Waals surface area contributed by atoms with Crippen molar-refractivity contribution in [2.24, 2.45) is 52.3 Å². The summed E-state index contributed by atoms with van der Waals surface area (Å²) in [4.78, 5) is 0. The number of fused-ring (bicyclic) bond motifs is 7. The van der Waals surface area contributed by atoms with Crippen LogP contribution in [-0.4, -0.2) is 123 Å². The molecule has 0 aromatic rings. The van der Waals surface area contributed by atoms with Gasteiger partial charge in [-0.15, -0.1) is 0 Å². The predicted molar refractivity (Wildman–Crippen MR) is 177 cm³/mol. The minimum absolute atomic E-state index is 0.163. The van der Waals surface area contributed by atoms with Crippen LogP contribution in [0.15, 0.2) is 0 Å². The van der Waals surface area contributed by atoms with E-state index >= 15 is 0 Å². The third-order valence-electron chi connectivity index (χ3n) is 15.8. The SMILES string of the molecule is CC1CCC2(OC1)OC1CC3C4CCC5CC(O)CC(OC6OCC(O)C(O)C6OC6OC(C)C(O)C(O)C6O)C5(C)C4CCC3(C)C1C2C. The first kappa shape index (κ1) is 36.5. The van der Waals surface area contributed by atoms with Crippen molar-refractivity contribution >= 4 is 0 Å². The molecule has 50 heavy (non-hydrogen) atoms. The maximum absolute atomic E-state index is 11.2. The molecule has 286 valence electrons. The normalized spacial score (nSPS) is 60.9. The molecule has 8 rings (SSSR count). The number of hydrogen-bond acceptors (Lipinski definition) is 12. The van der Waals surface area contributed by atoms with E-state index in [-0.39, 0.29) is 29.5 Å². The topological polar surface area (TPSA) is 177 Å². The average molecular weight is 711 g/mol. The minimum atomic E-state index is -1.59. The summed E-state index contributed by atoms with van der Waals surface area (Å²) in [7, 11) is 0. The van der Waals surface area contributed by atoms with E-state index in [1.807, 2.05) is 0 Å². The van der Waals surface area contributed by atoms with Crippen LogP contribution < -0.4 is 0 Å². The molecule has 12 heteroatoms. The van der Waals surface area contributed by atoms with Crippen LogP contribution in [0.3, 0.4) is 0 Å². The standard InChI is InChI=1S/C38H62O12/c1-17-8-11-38(46-15-17)18(2)28-26(50-38)14-24-22-7-6-20-12-21(39)13-27(37(20,5)23(22)9-10-36(24,28)4)48-35-33(30(42)25(40)16-45-35)49-34-32(44)31(43)29(41)19(3)47-34/h17-35,39-44H,6-16H2,1-5H3. The number of rotatable bonds is 4. The fraction of sp³-hybridized carbons (Fsp3) is 1.00. The van der Waals surface area contributed by atoms with Gasteiger partial charge in [0.05, 0.1) is 37.6 Å². The lowest BCUT2D eigenvalue weighted by Gasteiger charge is -2.63. The first-order valence-electron chi connectivity index (χ1n) is 19.7. The van der Waals surface area contributed by atoms with Crippen molar-refractivity contribution in [2.45, 2.75) is 172 Å². The monoisotopic (exact) mass is 710 g/mol. The van der Waals surface area contributed by atoms with Gasteiger partial charge >= 0.3 is 0 Å². The van der Waals surface area contributed by atoms with Gasteiger partial charge in [-0.3, -0.25) is 0 Å². The summed E-state index contributed by atoms with van der Waals surface area (Å²) in [6, 6.07) is 0. The molecule has 8 aliphatic rings. The molecule has 0 amide bonds. The molecule has 0 aromatic heterocycles. The molecule has 4 saturated heterocycles. The molecular weight excluding hydrogens is 648 g/mol. The predicted octanol–water partition coefficient (Wildman–Crippen LogP) is 2.08. The molecular formula is C38H62O12.